The van der Waals surface area contributed by atoms with Gasteiger partial charge in [-0.15, -0.1) is 0 Å². The van der Waals surface area contributed by atoms with Crippen molar-refractivity contribution >= 4 is 52.3 Å². The van der Waals surface area contributed by atoms with Gasteiger partial charge in [0.05, 0.1) is 23.8 Å². The lowest BCUT2D eigenvalue weighted by Gasteiger charge is -2.32. The largest absolute Gasteiger partial charge is 0.348 e. The van der Waals surface area contributed by atoms with Crippen molar-refractivity contribution in [2.75, 3.05) is 10.2 Å². The highest BCUT2D eigenvalue weighted by atomic mass is 35.5. The Balaban J connectivity index is 1.51. The molecular weight excluding hydrogens is 487 g/mol. The molecule has 184 valence electrons. The first-order valence-electron chi connectivity index (χ1n) is 12.1. The number of nitrogens with zero attached hydrogens (tertiary/aromatic N) is 1. The molecule has 2 aliphatic carbocycles. The Morgan fingerprint density at radius 1 is 1.03 bits per heavy atom. The number of carbonyl (C=O) groups is 3. The van der Waals surface area contributed by atoms with Crippen LogP contribution < -0.4 is 21.3 Å². The normalized spacial score (nSPS) is 24.3. The second kappa shape index (κ2) is 9.80. The first kappa shape index (κ1) is 24.1. The lowest BCUT2D eigenvalue weighted by molar-refractivity contribution is -0.120. The third-order valence-electron chi connectivity index (χ3n) is 7.10. The van der Waals surface area contributed by atoms with Crippen LogP contribution in [0.25, 0.3) is 0 Å². The Morgan fingerprint density at radius 3 is 2.51 bits per heavy atom. The smallest absolute Gasteiger partial charge is 0.251 e. The van der Waals surface area contributed by atoms with Gasteiger partial charge >= 0.3 is 0 Å². The molecule has 2 aromatic rings. The Bertz CT molecular complexity index is 1180. The summed E-state index contributed by atoms with van der Waals surface area (Å²) in [6, 6.07) is 9.40. The zero-order valence-corrected chi connectivity index (χ0v) is 20.7. The highest BCUT2D eigenvalue weighted by Gasteiger charge is 2.41. The van der Waals surface area contributed by atoms with E-state index in [1.807, 2.05) is 0 Å². The number of hydrogen-bond acceptors (Lipinski definition) is 4. The van der Waals surface area contributed by atoms with Gasteiger partial charge in [-0.25, -0.2) is 0 Å². The molecule has 2 aromatic carbocycles. The van der Waals surface area contributed by atoms with Crippen molar-refractivity contribution in [2.24, 2.45) is 11.7 Å². The van der Waals surface area contributed by atoms with Crippen LogP contribution >= 0.6 is 23.2 Å². The van der Waals surface area contributed by atoms with Gasteiger partial charge in [-0.1, -0.05) is 42.1 Å². The number of anilines is 2. The predicted octanol–water partition coefficient (Wildman–Crippen LogP) is 4.82. The minimum Gasteiger partial charge on any atom is -0.348 e. The molecule has 0 aromatic heterocycles. The molecule has 3 aliphatic rings. The summed E-state index contributed by atoms with van der Waals surface area (Å²) in [4.78, 5) is 41.1. The van der Waals surface area contributed by atoms with Crippen molar-refractivity contribution in [1.29, 1.82) is 0 Å². The van der Waals surface area contributed by atoms with Gasteiger partial charge < -0.3 is 21.3 Å². The quantitative estimate of drug-likeness (QED) is 0.543. The maximum atomic E-state index is 13.5. The van der Waals surface area contributed by atoms with Gasteiger partial charge in [-0.2, -0.15) is 0 Å². The molecule has 3 atom stereocenters. The highest BCUT2D eigenvalue weighted by molar-refractivity contribution is 6.35. The fraction of sp³-hybridized carbons (Fsp3) is 0.423. The van der Waals surface area contributed by atoms with Crippen LogP contribution in [0.2, 0.25) is 10.0 Å². The molecule has 1 heterocycles. The van der Waals surface area contributed by atoms with Gasteiger partial charge in [0.15, 0.2) is 0 Å². The van der Waals surface area contributed by atoms with Crippen LogP contribution in [0.15, 0.2) is 36.4 Å². The van der Waals surface area contributed by atoms with Crippen LogP contribution in [-0.4, -0.2) is 29.8 Å². The summed E-state index contributed by atoms with van der Waals surface area (Å²) in [6.07, 6.45) is 5.51. The number of carbonyl (C=O) groups excluding carboxylic acids is 3. The molecule has 4 N–H and O–H groups in total. The summed E-state index contributed by atoms with van der Waals surface area (Å²) in [5, 5.41) is 6.81. The number of nitrogens with one attached hydrogen (secondary N) is 2. The average molecular weight is 515 g/mol. The minimum atomic E-state index is -0.589. The lowest BCUT2D eigenvalue weighted by atomic mass is 9.91. The fourth-order valence-electron chi connectivity index (χ4n) is 5.03. The molecular formula is C26H28Cl2N4O3. The van der Waals surface area contributed by atoms with Gasteiger partial charge in [-0.05, 0) is 61.6 Å². The minimum absolute atomic E-state index is 0.0347. The second-order valence-corrected chi connectivity index (χ2v) is 10.5. The van der Waals surface area contributed by atoms with Crippen molar-refractivity contribution < 1.29 is 14.4 Å². The van der Waals surface area contributed by atoms with E-state index < -0.39 is 6.04 Å². The van der Waals surface area contributed by atoms with Crippen molar-refractivity contribution in [3.63, 3.8) is 0 Å². The Labute approximate surface area is 214 Å². The lowest BCUT2D eigenvalue weighted by Crippen LogP contribution is -2.49. The molecule has 9 heteroatoms. The molecule has 2 fully saturated rings. The Morgan fingerprint density at radius 2 is 1.80 bits per heavy atom. The third kappa shape index (κ3) is 5.03. The number of hydrogen-bond donors (Lipinski definition) is 3. The number of benzene rings is 2. The number of fused-ring (bicyclic) bond motifs is 1. The first-order chi connectivity index (χ1) is 16.8. The third-order valence-corrected chi connectivity index (χ3v) is 7.67. The number of amides is 3. The van der Waals surface area contributed by atoms with E-state index >= 15 is 0 Å². The Hall–Kier alpha value is -2.61. The van der Waals surface area contributed by atoms with Crippen molar-refractivity contribution in [1.82, 2.24) is 5.32 Å². The van der Waals surface area contributed by atoms with Gasteiger partial charge in [0.2, 0.25) is 11.8 Å². The molecule has 0 spiro atoms. The average Bonchev–Trinajstić information content (AvgIpc) is 3.67. The van der Waals surface area contributed by atoms with Gasteiger partial charge in [0.25, 0.3) is 5.91 Å². The van der Waals surface area contributed by atoms with E-state index in [4.69, 9.17) is 28.9 Å². The van der Waals surface area contributed by atoms with Gasteiger partial charge in [0, 0.05) is 33.6 Å². The molecule has 2 saturated carbocycles. The van der Waals surface area contributed by atoms with E-state index in [0.717, 1.165) is 38.5 Å². The number of nitrogens with two attached hydrogens (primary N) is 1. The van der Waals surface area contributed by atoms with Crippen LogP contribution in [0.5, 0.6) is 0 Å². The molecule has 0 saturated heterocycles. The fourth-order valence-corrected chi connectivity index (χ4v) is 5.57. The molecule has 0 radical (unpaired) electrons. The number of rotatable bonds is 4. The van der Waals surface area contributed by atoms with E-state index in [2.05, 4.69) is 10.6 Å². The van der Waals surface area contributed by atoms with E-state index in [-0.39, 0.29) is 42.1 Å². The van der Waals surface area contributed by atoms with Crippen molar-refractivity contribution in [3.8, 4) is 0 Å². The van der Waals surface area contributed by atoms with Gasteiger partial charge in [-0.3, -0.25) is 14.4 Å². The summed E-state index contributed by atoms with van der Waals surface area (Å²) in [7, 11) is 0. The van der Waals surface area contributed by atoms with E-state index in [1.165, 1.54) is 0 Å². The van der Waals surface area contributed by atoms with E-state index in [0.29, 0.717) is 32.5 Å². The molecule has 3 unspecified atom stereocenters. The zero-order chi connectivity index (χ0) is 24.7. The van der Waals surface area contributed by atoms with Crippen molar-refractivity contribution in [2.45, 2.75) is 63.1 Å². The molecule has 0 bridgehead atoms. The monoisotopic (exact) mass is 514 g/mol. The van der Waals surface area contributed by atoms with Crippen molar-refractivity contribution in [3.05, 3.63) is 57.6 Å². The summed E-state index contributed by atoms with van der Waals surface area (Å²) in [6.45, 7) is 0. The summed E-state index contributed by atoms with van der Waals surface area (Å²) in [5.74, 6) is -0.643. The van der Waals surface area contributed by atoms with Crippen LogP contribution in [0.1, 0.15) is 66.9 Å². The summed E-state index contributed by atoms with van der Waals surface area (Å²) in [5.41, 5.74) is 8.24. The summed E-state index contributed by atoms with van der Waals surface area (Å²) >= 11 is 12.6. The van der Waals surface area contributed by atoms with Crippen LogP contribution in [0.3, 0.4) is 0 Å². The molecule has 7 nitrogen and oxygen atoms in total. The highest BCUT2D eigenvalue weighted by Crippen LogP contribution is 2.44. The second-order valence-electron chi connectivity index (χ2n) is 9.68. The zero-order valence-electron chi connectivity index (χ0n) is 19.2. The van der Waals surface area contributed by atoms with E-state index in [1.54, 1.807) is 41.3 Å². The van der Waals surface area contributed by atoms with Crippen LogP contribution in [-0.2, 0) is 9.59 Å². The SMILES string of the molecule is NC1CCCCC1NC(=O)c1ccc2c(c1)NC(=O)CC(c1ccc(Cl)cc1Cl)N2C(=O)C1CC1. The standard InChI is InChI=1S/C26H28Cl2N4O3/c27-16-8-9-17(18(28)12-16)23-13-24(33)30-21-11-15(25(34)31-20-4-2-1-3-19(20)29)7-10-22(21)32(23)26(35)14-5-6-14/h7-12,14,19-20,23H,1-6,13,29H2,(H,30,33)(H,31,34). The molecule has 1 aliphatic heterocycles. The first-order valence-corrected chi connectivity index (χ1v) is 12.9. The maximum Gasteiger partial charge on any atom is 0.251 e. The predicted molar refractivity (Wildman–Crippen MR) is 137 cm³/mol. The van der Waals surface area contributed by atoms with Crippen LogP contribution in [0, 0.1) is 5.92 Å². The maximum absolute atomic E-state index is 13.5. The molecule has 35 heavy (non-hydrogen) atoms. The van der Waals surface area contributed by atoms with E-state index in [9.17, 15) is 14.4 Å². The topological polar surface area (TPSA) is 105 Å². The molecule has 3 amide bonds. The van der Waals surface area contributed by atoms with Gasteiger partial charge in [0.1, 0.15) is 0 Å². The number of halogens is 2. The van der Waals surface area contributed by atoms with Crippen LogP contribution in [0.4, 0.5) is 11.4 Å². The summed E-state index contributed by atoms with van der Waals surface area (Å²) < 4.78 is 0. The molecule has 5 rings (SSSR count). The Kier molecular flexibility index (Phi) is 6.75.